The molecule has 0 aliphatic rings. The number of aromatic nitrogens is 2. The molecule has 0 aliphatic carbocycles. The lowest BCUT2D eigenvalue weighted by atomic mass is 9.95. The van der Waals surface area contributed by atoms with Crippen molar-refractivity contribution in [3.8, 4) is 63.0 Å². The molecule has 6 heteroatoms. The fraction of sp³-hybridized carbons (Fsp3) is 0. The van der Waals surface area contributed by atoms with E-state index in [0.29, 0.717) is 33.5 Å². The average Bonchev–Trinajstić information content (AvgIpc) is 3.80. The van der Waals surface area contributed by atoms with E-state index in [2.05, 4.69) is 92.9 Å². The van der Waals surface area contributed by atoms with Crippen LogP contribution in [-0.2, 0) is 0 Å². The third-order valence-corrected chi connectivity index (χ3v) is 11.1. The Kier molecular flexibility index (Phi) is 7.92. The van der Waals surface area contributed by atoms with Crippen LogP contribution in [0.5, 0.6) is 0 Å². The molecular weight excluding hydrogens is 709 g/mol. The first-order valence-corrected chi connectivity index (χ1v) is 18.7. The summed E-state index contributed by atoms with van der Waals surface area (Å²) in [5.41, 5.74) is 13.3. The number of nitrogens with zero attached hydrogens (tertiary/aromatic N) is 6. The second-order valence-electron chi connectivity index (χ2n) is 14.2. The van der Waals surface area contributed by atoms with Gasteiger partial charge in [-0.3, -0.25) is 0 Å². The van der Waals surface area contributed by atoms with Gasteiger partial charge in [0.1, 0.15) is 0 Å². The van der Waals surface area contributed by atoms with E-state index in [0.717, 1.165) is 77.2 Å². The Labute approximate surface area is 334 Å². The summed E-state index contributed by atoms with van der Waals surface area (Å²) >= 11 is 0. The van der Waals surface area contributed by atoms with Gasteiger partial charge in [0.25, 0.3) is 0 Å². The maximum Gasteiger partial charge on any atom is 0.187 e. The summed E-state index contributed by atoms with van der Waals surface area (Å²) in [6.07, 6.45) is 0. The van der Waals surface area contributed by atoms with Gasteiger partial charge in [-0.05, 0) is 95.1 Å². The second kappa shape index (κ2) is 13.6. The van der Waals surface area contributed by atoms with Crippen LogP contribution in [0.2, 0.25) is 0 Å². The summed E-state index contributed by atoms with van der Waals surface area (Å²) in [6.45, 7) is 7.38. The fourth-order valence-corrected chi connectivity index (χ4v) is 8.31. The molecule has 2 heterocycles. The number of para-hydroxylation sites is 2. The first-order valence-electron chi connectivity index (χ1n) is 18.7. The monoisotopic (exact) mass is 736 g/mol. The smallest absolute Gasteiger partial charge is 0.187 e. The lowest BCUT2D eigenvalue weighted by Gasteiger charge is -2.15. The summed E-state index contributed by atoms with van der Waals surface area (Å²) in [7, 11) is 0. The zero-order valence-corrected chi connectivity index (χ0v) is 30.8. The molecule has 0 saturated heterocycles. The van der Waals surface area contributed by atoms with Gasteiger partial charge in [0.15, 0.2) is 5.69 Å². The van der Waals surface area contributed by atoms with E-state index in [-0.39, 0.29) is 0 Å². The van der Waals surface area contributed by atoms with Gasteiger partial charge in [-0.25, -0.2) is 4.85 Å². The Morgan fingerprint density at radius 1 is 0.397 bits per heavy atom. The molecule has 58 heavy (non-hydrogen) atoms. The van der Waals surface area contributed by atoms with Crippen molar-refractivity contribution in [2.24, 2.45) is 0 Å². The molecule has 0 spiro atoms. The maximum atomic E-state index is 10.5. The summed E-state index contributed by atoms with van der Waals surface area (Å²) in [5, 5.41) is 34.8. The van der Waals surface area contributed by atoms with Crippen molar-refractivity contribution in [2.45, 2.75) is 0 Å². The Balaban J connectivity index is 1.18. The molecule has 10 rings (SSSR count). The minimum atomic E-state index is 0.462. The van der Waals surface area contributed by atoms with Crippen molar-refractivity contribution >= 4 is 49.3 Å². The van der Waals surface area contributed by atoms with Gasteiger partial charge in [-0.15, -0.1) is 0 Å². The molecule has 266 valence electrons. The van der Waals surface area contributed by atoms with Crippen molar-refractivity contribution in [2.75, 3.05) is 0 Å². The molecule has 6 nitrogen and oxygen atoms in total. The summed E-state index contributed by atoms with van der Waals surface area (Å²) in [4.78, 5) is 3.56. The highest BCUT2D eigenvalue weighted by Crippen LogP contribution is 2.40. The number of hydrogen-bond donors (Lipinski definition) is 0. The number of benzene rings is 8. The SMILES string of the molecule is [C-]#[N+]c1ccc(-c2ccc3c4ccccc4n(-c4ccc(C#N)c(-c5cc(-n6c7ccccc7c7ccc(-c8ccc(C#N)cc8)cc76)ccc5C#N)c4)c3c2)cc1. The second-order valence-corrected chi connectivity index (χ2v) is 14.2. The lowest BCUT2D eigenvalue weighted by molar-refractivity contribution is 1.17. The van der Waals surface area contributed by atoms with Crippen LogP contribution in [0.15, 0.2) is 170 Å². The van der Waals surface area contributed by atoms with Crippen LogP contribution in [0, 0.1) is 40.6 Å². The molecule has 0 unspecified atom stereocenters. The van der Waals surface area contributed by atoms with E-state index in [1.807, 2.05) is 109 Å². The largest absolute Gasteiger partial charge is 0.309 e. The van der Waals surface area contributed by atoms with E-state index >= 15 is 0 Å². The van der Waals surface area contributed by atoms with E-state index in [1.54, 1.807) is 0 Å². The van der Waals surface area contributed by atoms with Gasteiger partial charge in [0.05, 0.1) is 63.5 Å². The van der Waals surface area contributed by atoms with Gasteiger partial charge in [0.2, 0.25) is 0 Å². The van der Waals surface area contributed by atoms with Crippen molar-refractivity contribution < 1.29 is 0 Å². The molecule has 2 aromatic heterocycles. The van der Waals surface area contributed by atoms with Crippen LogP contribution in [-0.4, -0.2) is 9.13 Å². The molecule has 0 aliphatic heterocycles. The Hall–Kier alpha value is -8.68. The van der Waals surface area contributed by atoms with Gasteiger partial charge < -0.3 is 9.13 Å². The van der Waals surface area contributed by atoms with Crippen molar-refractivity contribution in [1.29, 1.82) is 15.8 Å². The van der Waals surface area contributed by atoms with E-state index < -0.39 is 0 Å². The van der Waals surface area contributed by atoms with E-state index in [4.69, 9.17) is 6.57 Å². The van der Waals surface area contributed by atoms with Crippen LogP contribution < -0.4 is 0 Å². The Morgan fingerprint density at radius 2 is 0.828 bits per heavy atom. The van der Waals surface area contributed by atoms with Gasteiger partial charge in [-0.1, -0.05) is 97.1 Å². The molecule has 8 aromatic carbocycles. The van der Waals surface area contributed by atoms with Crippen LogP contribution in [0.25, 0.3) is 93.2 Å². The molecule has 0 radical (unpaired) electrons. The predicted molar refractivity (Wildman–Crippen MR) is 232 cm³/mol. The van der Waals surface area contributed by atoms with Crippen LogP contribution in [0.4, 0.5) is 5.69 Å². The Bertz CT molecular complexity index is 3250. The number of rotatable bonds is 5. The van der Waals surface area contributed by atoms with Crippen molar-refractivity contribution in [3.63, 3.8) is 0 Å². The zero-order chi connectivity index (χ0) is 39.3. The quantitative estimate of drug-likeness (QED) is 0.165. The third kappa shape index (κ3) is 5.38. The van der Waals surface area contributed by atoms with E-state index in [1.165, 1.54) is 0 Å². The van der Waals surface area contributed by atoms with Crippen LogP contribution in [0.3, 0.4) is 0 Å². The molecular formula is C52H28N6. The highest BCUT2D eigenvalue weighted by molar-refractivity contribution is 6.11. The minimum Gasteiger partial charge on any atom is -0.309 e. The normalized spacial score (nSPS) is 11.0. The average molecular weight is 737 g/mol. The molecule has 0 atom stereocenters. The summed E-state index contributed by atoms with van der Waals surface area (Å²) in [5.74, 6) is 0. The first-order chi connectivity index (χ1) is 28.6. The summed E-state index contributed by atoms with van der Waals surface area (Å²) in [6, 6.07) is 63.4. The number of fused-ring (bicyclic) bond motifs is 6. The van der Waals surface area contributed by atoms with Crippen molar-refractivity contribution in [3.05, 3.63) is 198 Å². The topological polar surface area (TPSA) is 85.6 Å². The van der Waals surface area contributed by atoms with Crippen LogP contribution >= 0.6 is 0 Å². The zero-order valence-electron chi connectivity index (χ0n) is 30.8. The summed E-state index contributed by atoms with van der Waals surface area (Å²) < 4.78 is 4.44. The highest BCUT2D eigenvalue weighted by Gasteiger charge is 2.19. The lowest BCUT2D eigenvalue weighted by Crippen LogP contribution is -1.99. The number of hydrogen-bond acceptors (Lipinski definition) is 3. The van der Waals surface area contributed by atoms with Gasteiger partial charge in [-0.2, -0.15) is 15.8 Å². The fourth-order valence-electron chi connectivity index (χ4n) is 8.31. The van der Waals surface area contributed by atoms with Gasteiger partial charge >= 0.3 is 0 Å². The molecule has 0 saturated carbocycles. The van der Waals surface area contributed by atoms with Crippen LogP contribution in [0.1, 0.15) is 16.7 Å². The first kappa shape index (κ1) is 33.9. The Morgan fingerprint density at radius 3 is 1.28 bits per heavy atom. The standard InChI is InChI=1S/C52H28N6/c1-56-40-20-14-35(15-21-40)37-19-25-46-44-7-3-5-9-50(44)58(52(46)27-37)42-23-17-39(32-55)48(29-42)47-28-41(22-16-38(47)31-54)57-49-8-4-2-6-43(49)45-24-18-36(26-51(45)57)34-12-10-33(30-53)11-13-34/h2-29H. The maximum absolute atomic E-state index is 10.5. The predicted octanol–water partition coefficient (Wildman–Crippen LogP) is 13.0. The minimum absolute atomic E-state index is 0.462. The van der Waals surface area contributed by atoms with Crippen molar-refractivity contribution in [1.82, 2.24) is 9.13 Å². The van der Waals surface area contributed by atoms with E-state index in [9.17, 15) is 15.8 Å². The molecule has 10 aromatic rings. The molecule has 0 bridgehead atoms. The molecule has 0 N–H and O–H groups in total. The molecule has 0 fully saturated rings. The van der Waals surface area contributed by atoms with Gasteiger partial charge in [0, 0.05) is 44.0 Å². The molecule has 0 amide bonds. The number of nitriles is 3. The third-order valence-electron chi connectivity index (χ3n) is 11.1. The highest BCUT2D eigenvalue weighted by atomic mass is 15.0.